The van der Waals surface area contributed by atoms with Gasteiger partial charge in [0.05, 0.1) is 16.1 Å². The van der Waals surface area contributed by atoms with Gasteiger partial charge in [0, 0.05) is 37.5 Å². The first-order valence-electron chi connectivity index (χ1n) is 9.49. The Bertz CT molecular complexity index is 877. The molecule has 2 aromatic carbocycles. The van der Waals surface area contributed by atoms with E-state index in [1.807, 2.05) is 12.1 Å². The summed E-state index contributed by atoms with van der Waals surface area (Å²) in [5, 5.41) is 0.0891. The Hall–Kier alpha value is -2.11. The van der Waals surface area contributed by atoms with E-state index >= 15 is 0 Å². The molecule has 3 aromatic rings. The highest BCUT2D eigenvalue weighted by atomic mass is 35.5. The maximum Gasteiger partial charge on any atom is 0.144 e. The highest BCUT2D eigenvalue weighted by Crippen LogP contribution is 2.26. The van der Waals surface area contributed by atoms with Gasteiger partial charge in [0.1, 0.15) is 11.6 Å². The predicted molar refractivity (Wildman–Crippen MR) is 110 cm³/mol. The normalized spacial score (nSPS) is 15.4. The molecule has 6 heteroatoms. The van der Waals surface area contributed by atoms with E-state index in [0.717, 1.165) is 18.7 Å². The summed E-state index contributed by atoms with van der Waals surface area (Å²) in [7, 11) is 2.13. The molecule has 0 aliphatic carbocycles. The van der Waals surface area contributed by atoms with Gasteiger partial charge in [0.2, 0.25) is 0 Å². The second kappa shape index (κ2) is 7.87. The Morgan fingerprint density at radius 3 is 2.63 bits per heavy atom. The molecule has 0 atom stereocenters. The van der Waals surface area contributed by atoms with E-state index in [1.165, 1.54) is 44.1 Å². The van der Waals surface area contributed by atoms with E-state index in [2.05, 4.69) is 38.9 Å². The van der Waals surface area contributed by atoms with Crippen molar-refractivity contribution in [3.8, 4) is 11.4 Å². The number of rotatable bonds is 5. The van der Waals surface area contributed by atoms with E-state index in [4.69, 9.17) is 11.6 Å². The van der Waals surface area contributed by atoms with E-state index in [1.54, 1.807) is 6.07 Å². The van der Waals surface area contributed by atoms with Crippen LogP contribution in [-0.2, 0) is 0 Å². The first kappa shape index (κ1) is 18.3. The summed E-state index contributed by atoms with van der Waals surface area (Å²) in [6.45, 7) is 4.57. The average molecular weight is 387 g/mol. The van der Waals surface area contributed by atoms with Crippen molar-refractivity contribution in [2.45, 2.75) is 19.3 Å². The lowest BCUT2D eigenvalue weighted by Gasteiger charge is -2.29. The number of benzene rings is 2. The number of likely N-dealkylation sites (tertiary alicyclic amines) is 1. The number of H-pyrrole nitrogens is 1. The van der Waals surface area contributed by atoms with Crippen molar-refractivity contribution in [2.24, 2.45) is 0 Å². The predicted octanol–water partition coefficient (Wildman–Crippen LogP) is 4.94. The van der Waals surface area contributed by atoms with Crippen LogP contribution in [0, 0.1) is 5.82 Å². The fourth-order valence-electron chi connectivity index (χ4n) is 3.62. The molecule has 0 bridgehead atoms. The Labute approximate surface area is 164 Å². The number of aromatic amines is 1. The molecule has 0 spiro atoms. The lowest BCUT2D eigenvalue weighted by atomic mass is 10.1. The zero-order valence-electron chi connectivity index (χ0n) is 15.5. The smallest absolute Gasteiger partial charge is 0.144 e. The number of halogens is 2. The van der Waals surface area contributed by atoms with Crippen molar-refractivity contribution in [2.75, 3.05) is 38.1 Å². The lowest BCUT2D eigenvalue weighted by molar-refractivity contribution is 0.234. The zero-order chi connectivity index (χ0) is 18.8. The average Bonchev–Trinajstić information content (AvgIpc) is 3.10. The van der Waals surface area contributed by atoms with Crippen molar-refractivity contribution in [3.63, 3.8) is 0 Å². The van der Waals surface area contributed by atoms with Crippen LogP contribution in [0.25, 0.3) is 22.4 Å². The Kier molecular flexibility index (Phi) is 5.32. The van der Waals surface area contributed by atoms with Gasteiger partial charge in [-0.25, -0.2) is 9.37 Å². The zero-order valence-corrected chi connectivity index (χ0v) is 16.3. The number of nitrogens with zero attached hydrogens (tertiary/aromatic N) is 3. The molecule has 1 N–H and O–H groups in total. The largest absolute Gasteiger partial charge is 0.373 e. The molecule has 1 aliphatic heterocycles. The van der Waals surface area contributed by atoms with Crippen molar-refractivity contribution >= 4 is 28.3 Å². The molecule has 27 heavy (non-hydrogen) atoms. The monoisotopic (exact) mass is 386 g/mol. The van der Waals surface area contributed by atoms with Gasteiger partial charge in [-0.2, -0.15) is 0 Å². The van der Waals surface area contributed by atoms with E-state index in [9.17, 15) is 4.39 Å². The molecule has 1 aliphatic rings. The minimum atomic E-state index is -0.440. The van der Waals surface area contributed by atoms with Crippen molar-refractivity contribution in [3.05, 3.63) is 47.2 Å². The van der Waals surface area contributed by atoms with Crippen LogP contribution in [0.4, 0.5) is 10.1 Å². The van der Waals surface area contributed by atoms with Gasteiger partial charge >= 0.3 is 0 Å². The van der Waals surface area contributed by atoms with Gasteiger partial charge in [-0.05, 0) is 56.3 Å². The third kappa shape index (κ3) is 4.09. The van der Waals surface area contributed by atoms with Gasteiger partial charge in [-0.1, -0.05) is 18.0 Å². The van der Waals surface area contributed by atoms with Crippen LogP contribution in [0.15, 0.2) is 36.4 Å². The minimum Gasteiger partial charge on any atom is -0.373 e. The number of likely N-dealkylation sites (N-methyl/N-ethyl adjacent to an activating group) is 1. The van der Waals surface area contributed by atoms with Crippen LogP contribution in [-0.4, -0.2) is 48.1 Å². The SMILES string of the molecule is CN(CCN1CCCCC1)c1ccc(-c2nc3cc(Cl)c(F)cc3[nH]2)cc1. The van der Waals surface area contributed by atoms with Crippen molar-refractivity contribution in [1.82, 2.24) is 14.9 Å². The molecule has 0 saturated carbocycles. The maximum absolute atomic E-state index is 13.6. The first-order valence-corrected chi connectivity index (χ1v) is 9.86. The van der Waals surface area contributed by atoms with Gasteiger partial charge in [0.25, 0.3) is 0 Å². The van der Waals surface area contributed by atoms with Gasteiger partial charge < -0.3 is 14.8 Å². The highest BCUT2D eigenvalue weighted by Gasteiger charge is 2.12. The molecule has 4 rings (SSSR count). The van der Waals surface area contributed by atoms with Crippen LogP contribution in [0.2, 0.25) is 5.02 Å². The number of fused-ring (bicyclic) bond motifs is 1. The van der Waals surface area contributed by atoms with Crippen molar-refractivity contribution in [1.29, 1.82) is 0 Å². The summed E-state index contributed by atoms with van der Waals surface area (Å²) >= 11 is 5.85. The Morgan fingerprint density at radius 1 is 1.15 bits per heavy atom. The standard InChI is InChI=1S/C21H24ClFN4/c1-26(11-12-27-9-3-2-4-10-27)16-7-5-15(6-8-16)21-24-19-13-17(22)18(23)14-20(19)25-21/h5-8,13-14H,2-4,9-12H2,1H3,(H,24,25). The van der Waals surface area contributed by atoms with E-state index in [-0.39, 0.29) is 5.02 Å². The fraction of sp³-hybridized carbons (Fsp3) is 0.381. The summed E-state index contributed by atoms with van der Waals surface area (Å²) in [5.41, 5.74) is 3.46. The molecule has 1 aromatic heterocycles. The molecule has 4 nitrogen and oxygen atoms in total. The van der Waals surface area contributed by atoms with Gasteiger partial charge in [-0.3, -0.25) is 0 Å². The summed E-state index contributed by atoms with van der Waals surface area (Å²) < 4.78 is 13.6. The van der Waals surface area contributed by atoms with E-state index in [0.29, 0.717) is 16.9 Å². The molecule has 0 amide bonds. The molecule has 1 saturated heterocycles. The number of anilines is 1. The van der Waals surface area contributed by atoms with Gasteiger partial charge in [0.15, 0.2) is 0 Å². The number of imidazole rings is 1. The number of aromatic nitrogens is 2. The fourth-order valence-corrected chi connectivity index (χ4v) is 3.78. The molecule has 142 valence electrons. The second-order valence-corrected chi connectivity index (χ2v) is 7.65. The number of hydrogen-bond acceptors (Lipinski definition) is 3. The van der Waals surface area contributed by atoms with Crippen LogP contribution in [0.1, 0.15) is 19.3 Å². The van der Waals surface area contributed by atoms with Gasteiger partial charge in [-0.15, -0.1) is 0 Å². The van der Waals surface area contributed by atoms with Crippen LogP contribution in [0.3, 0.4) is 0 Å². The molecule has 0 unspecified atom stereocenters. The van der Waals surface area contributed by atoms with Crippen molar-refractivity contribution < 1.29 is 4.39 Å². The highest BCUT2D eigenvalue weighted by molar-refractivity contribution is 6.31. The molecule has 1 fully saturated rings. The second-order valence-electron chi connectivity index (χ2n) is 7.24. The summed E-state index contributed by atoms with van der Waals surface area (Å²) in [6, 6.07) is 11.2. The summed E-state index contributed by atoms with van der Waals surface area (Å²) in [5.74, 6) is 0.277. The van der Waals surface area contributed by atoms with E-state index < -0.39 is 5.82 Å². The number of hydrogen-bond donors (Lipinski definition) is 1. The van der Waals surface area contributed by atoms with Crippen LogP contribution < -0.4 is 4.90 Å². The lowest BCUT2D eigenvalue weighted by Crippen LogP contribution is -2.36. The Morgan fingerprint density at radius 2 is 1.89 bits per heavy atom. The summed E-state index contributed by atoms with van der Waals surface area (Å²) in [4.78, 5) is 12.5. The number of nitrogens with one attached hydrogen (secondary N) is 1. The maximum atomic E-state index is 13.6. The Balaban J connectivity index is 1.45. The molecular formula is C21H24ClFN4. The van der Waals surface area contributed by atoms with Crippen LogP contribution in [0.5, 0.6) is 0 Å². The summed E-state index contributed by atoms with van der Waals surface area (Å²) in [6.07, 6.45) is 4.02. The van der Waals surface area contributed by atoms with Crippen LogP contribution >= 0.6 is 11.6 Å². The minimum absolute atomic E-state index is 0.0891. The first-order chi connectivity index (χ1) is 13.1. The topological polar surface area (TPSA) is 35.2 Å². The number of piperidine rings is 1. The quantitative estimate of drug-likeness (QED) is 0.674. The molecule has 2 heterocycles. The molecular weight excluding hydrogens is 363 g/mol. The molecule has 0 radical (unpaired) electrons. The third-order valence-corrected chi connectivity index (χ3v) is 5.60. The third-order valence-electron chi connectivity index (χ3n) is 5.31.